The van der Waals surface area contributed by atoms with E-state index in [2.05, 4.69) is 24.5 Å². The Kier molecular flexibility index (Phi) is 5.05. The average Bonchev–Trinajstić information content (AvgIpc) is 2.82. The summed E-state index contributed by atoms with van der Waals surface area (Å²) >= 11 is 0. The molecule has 2 atom stereocenters. The molecule has 0 bridgehead atoms. The summed E-state index contributed by atoms with van der Waals surface area (Å²) in [6.45, 7) is 7.30. The molecule has 0 saturated heterocycles. The molecule has 0 radical (unpaired) electrons. The Morgan fingerprint density at radius 2 is 2.15 bits per heavy atom. The van der Waals surface area contributed by atoms with Crippen LogP contribution in [0, 0.1) is 12.8 Å². The van der Waals surface area contributed by atoms with Crippen molar-refractivity contribution >= 4 is 11.6 Å². The van der Waals surface area contributed by atoms with E-state index in [-0.39, 0.29) is 5.91 Å². The maximum Gasteiger partial charge on any atom is 0.253 e. The van der Waals surface area contributed by atoms with E-state index in [1.165, 1.54) is 6.42 Å². The van der Waals surface area contributed by atoms with Gasteiger partial charge in [-0.25, -0.2) is 0 Å². The fourth-order valence-corrected chi connectivity index (χ4v) is 2.86. The van der Waals surface area contributed by atoms with Crippen LogP contribution in [0.4, 0.5) is 5.69 Å². The fraction of sp³-hybridized carbons (Fsp3) is 0.588. The van der Waals surface area contributed by atoms with Gasteiger partial charge in [0.1, 0.15) is 0 Å². The van der Waals surface area contributed by atoms with Crippen LogP contribution in [0.15, 0.2) is 18.2 Å². The minimum atomic E-state index is 0.0615. The maximum atomic E-state index is 12.5. The van der Waals surface area contributed by atoms with Gasteiger partial charge < -0.3 is 10.6 Å². The second kappa shape index (κ2) is 6.78. The quantitative estimate of drug-likeness (QED) is 0.859. The molecule has 0 aliphatic heterocycles. The molecule has 0 aromatic heterocycles. The maximum absolute atomic E-state index is 12.5. The summed E-state index contributed by atoms with van der Waals surface area (Å²) in [6, 6.07) is 6.38. The molecule has 1 amide bonds. The third-order valence-corrected chi connectivity index (χ3v) is 4.02. The Balaban J connectivity index is 2.09. The summed E-state index contributed by atoms with van der Waals surface area (Å²) in [6.07, 6.45) is 4.49. The minimum Gasteiger partial charge on any atom is -0.384 e. The molecule has 0 spiro atoms. The largest absolute Gasteiger partial charge is 0.384 e. The lowest BCUT2D eigenvalue weighted by Gasteiger charge is -2.16. The van der Waals surface area contributed by atoms with Crippen LogP contribution in [0.5, 0.6) is 0 Å². The summed E-state index contributed by atoms with van der Waals surface area (Å²) in [4.78, 5) is 12.5. The molecule has 3 heteroatoms. The molecule has 2 rings (SSSR count). The van der Waals surface area contributed by atoms with Gasteiger partial charge in [0, 0.05) is 18.3 Å². The van der Waals surface area contributed by atoms with Crippen LogP contribution in [0.1, 0.15) is 55.5 Å². The SMILES string of the molecule is CCCNc1ccc(C)cc1C(=O)NC1CCC(C)C1. The van der Waals surface area contributed by atoms with Crippen molar-refractivity contribution in [2.75, 3.05) is 11.9 Å². The summed E-state index contributed by atoms with van der Waals surface area (Å²) in [7, 11) is 0. The van der Waals surface area contributed by atoms with Crippen molar-refractivity contribution in [3.05, 3.63) is 29.3 Å². The van der Waals surface area contributed by atoms with Crippen LogP contribution in [0.3, 0.4) is 0 Å². The molecule has 1 aliphatic carbocycles. The number of carbonyl (C=O) groups excluding carboxylic acids is 1. The third-order valence-electron chi connectivity index (χ3n) is 4.02. The van der Waals surface area contributed by atoms with Crippen LogP contribution in [0.25, 0.3) is 0 Å². The zero-order chi connectivity index (χ0) is 14.5. The first kappa shape index (κ1) is 14.9. The highest BCUT2D eigenvalue weighted by molar-refractivity contribution is 6.00. The van der Waals surface area contributed by atoms with Crippen LogP contribution >= 0.6 is 0 Å². The number of hydrogen-bond donors (Lipinski definition) is 2. The predicted molar refractivity (Wildman–Crippen MR) is 84.2 cm³/mol. The molecule has 3 nitrogen and oxygen atoms in total. The van der Waals surface area contributed by atoms with E-state index in [0.29, 0.717) is 6.04 Å². The first-order chi connectivity index (χ1) is 9.60. The van der Waals surface area contributed by atoms with Crippen molar-refractivity contribution < 1.29 is 4.79 Å². The smallest absolute Gasteiger partial charge is 0.253 e. The van der Waals surface area contributed by atoms with Crippen LogP contribution in [-0.4, -0.2) is 18.5 Å². The lowest BCUT2D eigenvalue weighted by Crippen LogP contribution is -2.33. The Hall–Kier alpha value is -1.51. The predicted octanol–water partition coefficient (Wildman–Crippen LogP) is 3.74. The van der Waals surface area contributed by atoms with Crippen LogP contribution < -0.4 is 10.6 Å². The molecule has 1 fully saturated rings. The second-order valence-corrected chi connectivity index (χ2v) is 6.06. The van der Waals surface area contributed by atoms with E-state index in [1.807, 2.05) is 25.1 Å². The van der Waals surface area contributed by atoms with E-state index in [0.717, 1.165) is 48.5 Å². The van der Waals surface area contributed by atoms with E-state index in [4.69, 9.17) is 0 Å². The van der Waals surface area contributed by atoms with Gasteiger partial charge >= 0.3 is 0 Å². The normalized spacial score (nSPS) is 21.8. The molecular formula is C17H26N2O. The van der Waals surface area contributed by atoms with E-state index in [9.17, 15) is 4.79 Å². The molecular weight excluding hydrogens is 248 g/mol. The summed E-state index contributed by atoms with van der Waals surface area (Å²) in [5.74, 6) is 0.793. The Morgan fingerprint density at radius 3 is 2.80 bits per heavy atom. The van der Waals surface area contributed by atoms with Crippen LogP contribution in [-0.2, 0) is 0 Å². The molecule has 1 aliphatic rings. The number of aryl methyl sites for hydroxylation is 1. The minimum absolute atomic E-state index is 0.0615. The van der Waals surface area contributed by atoms with Crippen LogP contribution in [0.2, 0.25) is 0 Å². The number of nitrogens with one attached hydrogen (secondary N) is 2. The number of benzene rings is 1. The third kappa shape index (κ3) is 3.75. The van der Waals surface area contributed by atoms with E-state index in [1.54, 1.807) is 0 Å². The Labute approximate surface area is 122 Å². The van der Waals surface area contributed by atoms with Gasteiger partial charge in [0.25, 0.3) is 5.91 Å². The average molecular weight is 274 g/mol. The molecule has 2 N–H and O–H groups in total. The number of hydrogen-bond acceptors (Lipinski definition) is 2. The molecule has 110 valence electrons. The molecule has 0 heterocycles. The zero-order valence-electron chi connectivity index (χ0n) is 12.8. The number of carbonyl (C=O) groups is 1. The zero-order valence-corrected chi connectivity index (χ0v) is 12.8. The lowest BCUT2D eigenvalue weighted by molar-refractivity contribution is 0.0938. The van der Waals surface area contributed by atoms with Gasteiger partial charge in [-0.2, -0.15) is 0 Å². The molecule has 1 saturated carbocycles. The highest BCUT2D eigenvalue weighted by atomic mass is 16.1. The van der Waals surface area contributed by atoms with Crippen molar-refractivity contribution in [3.8, 4) is 0 Å². The van der Waals surface area contributed by atoms with Gasteiger partial charge in [-0.05, 0) is 50.7 Å². The Bertz CT molecular complexity index is 470. The van der Waals surface area contributed by atoms with Gasteiger partial charge in [-0.1, -0.05) is 25.5 Å². The lowest BCUT2D eigenvalue weighted by atomic mass is 10.1. The number of anilines is 1. The monoisotopic (exact) mass is 274 g/mol. The van der Waals surface area contributed by atoms with Crippen molar-refractivity contribution in [2.24, 2.45) is 5.92 Å². The van der Waals surface area contributed by atoms with Crippen molar-refractivity contribution in [1.82, 2.24) is 5.32 Å². The van der Waals surface area contributed by atoms with Gasteiger partial charge in [0.15, 0.2) is 0 Å². The summed E-state index contributed by atoms with van der Waals surface area (Å²) < 4.78 is 0. The number of amides is 1. The summed E-state index contributed by atoms with van der Waals surface area (Å²) in [5.41, 5.74) is 2.84. The second-order valence-electron chi connectivity index (χ2n) is 6.06. The number of rotatable bonds is 5. The molecule has 1 aromatic carbocycles. The molecule has 2 unspecified atom stereocenters. The van der Waals surface area contributed by atoms with Gasteiger partial charge in [-0.3, -0.25) is 4.79 Å². The Morgan fingerprint density at radius 1 is 1.35 bits per heavy atom. The van der Waals surface area contributed by atoms with Crippen molar-refractivity contribution in [3.63, 3.8) is 0 Å². The molecule has 1 aromatic rings. The van der Waals surface area contributed by atoms with Crippen molar-refractivity contribution in [1.29, 1.82) is 0 Å². The van der Waals surface area contributed by atoms with Gasteiger partial charge in [-0.15, -0.1) is 0 Å². The summed E-state index contributed by atoms with van der Waals surface area (Å²) in [5, 5.41) is 6.53. The fourth-order valence-electron chi connectivity index (χ4n) is 2.86. The van der Waals surface area contributed by atoms with Crippen molar-refractivity contribution in [2.45, 2.75) is 52.5 Å². The first-order valence-electron chi connectivity index (χ1n) is 7.75. The molecule has 20 heavy (non-hydrogen) atoms. The highest BCUT2D eigenvalue weighted by Crippen LogP contribution is 2.25. The first-order valence-corrected chi connectivity index (χ1v) is 7.75. The topological polar surface area (TPSA) is 41.1 Å². The standard InChI is InChI=1S/C17H26N2O/c1-4-9-18-16-8-6-13(3)11-15(16)17(20)19-14-7-5-12(2)10-14/h6,8,11-12,14,18H,4-5,7,9-10H2,1-3H3,(H,19,20). The van der Waals surface area contributed by atoms with Gasteiger partial charge in [0.05, 0.1) is 5.56 Å². The van der Waals surface area contributed by atoms with E-state index < -0.39 is 0 Å². The van der Waals surface area contributed by atoms with E-state index >= 15 is 0 Å². The van der Waals surface area contributed by atoms with Gasteiger partial charge in [0.2, 0.25) is 0 Å². The highest BCUT2D eigenvalue weighted by Gasteiger charge is 2.23.